The van der Waals surface area contributed by atoms with Crippen molar-refractivity contribution in [2.75, 3.05) is 0 Å². The van der Waals surface area contributed by atoms with Gasteiger partial charge in [0.25, 0.3) is 0 Å². The minimum Gasteiger partial charge on any atom is -0.268 e. The Morgan fingerprint density at radius 1 is 1.25 bits per heavy atom. The van der Waals surface area contributed by atoms with Crippen LogP contribution in [-0.4, -0.2) is 12.3 Å². The molecule has 0 fully saturated rings. The zero-order chi connectivity index (χ0) is 7.84. The van der Waals surface area contributed by atoms with Gasteiger partial charge in [-0.3, -0.25) is 4.99 Å². The third-order valence-electron chi connectivity index (χ3n) is 2.33. The van der Waals surface area contributed by atoms with Crippen molar-refractivity contribution in [2.24, 2.45) is 4.99 Å². The second-order valence-corrected chi connectivity index (χ2v) is 3.03. The highest BCUT2D eigenvalue weighted by molar-refractivity contribution is 7.01. The van der Waals surface area contributed by atoms with E-state index in [1.54, 1.807) is 0 Å². The molecule has 1 aromatic rings. The van der Waals surface area contributed by atoms with E-state index in [0.29, 0.717) is 6.71 Å². The molecule has 0 saturated carbocycles. The summed E-state index contributed by atoms with van der Waals surface area (Å²) >= 11 is 0. The van der Waals surface area contributed by atoms with E-state index in [1.165, 1.54) is 11.1 Å². The van der Waals surface area contributed by atoms with Crippen LogP contribution in [0.4, 0.5) is 5.69 Å². The first-order valence-corrected chi connectivity index (χ1v) is 3.93. The van der Waals surface area contributed by atoms with Crippen molar-refractivity contribution in [2.45, 2.75) is 21.2 Å². The van der Waals surface area contributed by atoms with Crippen LogP contribution in [0.2, 0.25) is 6.82 Å². The van der Waals surface area contributed by atoms with Gasteiger partial charge in [0.05, 0.1) is 5.69 Å². The normalized spacial score (nSPS) is 13.5. The summed E-state index contributed by atoms with van der Waals surface area (Å²) in [7, 11) is 0. The summed E-state index contributed by atoms with van der Waals surface area (Å²) in [6.07, 6.45) is 0. The molecular formula is C10H14BN. The average Bonchev–Trinajstić information content (AvgIpc) is 2.30. The zero-order valence-electron chi connectivity index (χ0n) is 6.83. The van der Waals surface area contributed by atoms with E-state index in [9.17, 15) is 0 Å². The van der Waals surface area contributed by atoms with Gasteiger partial charge < -0.3 is 0 Å². The van der Waals surface area contributed by atoms with E-state index >= 15 is 0 Å². The molecule has 1 aromatic carbocycles. The molecule has 12 heavy (non-hydrogen) atoms. The molecule has 2 rings (SSSR count). The monoisotopic (exact) mass is 159 g/mol. The van der Waals surface area contributed by atoms with Crippen molar-refractivity contribution in [1.82, 2.24) is 0 Å². The number of para-hydroxylation sites is 1. The molecule has 0 spiro atoms. The highest BCUT2D eigenvalue weighted by atomic mass is 14.8. The fourth-order valence-corrected chi connectivity index (χ4v) is 1.47. The molecule has 1 nitrogen and oxygen atoms in total. The third kappa shape index (κ3) is 1.18. The molecule has 1 aliphatic heterocycles. The van der Waals surface area contributed by atoms with E-state index < -0.39 is 0 Å². The van der Waals surface area contributed by atoms with Crippen molar-refractivity contribution in [1.29, 1.82) is 0 Å². The maximum absolute atomic E-state index is 4.45. The Hall–Kier alpha value is -1.05. The number of fused-ring (bicyclic) bond motifs is 1. The summed E-state index contributed by atoms with van der Waals surface area (Å²) in [4.78, 5) is 4.45. The number of aliphatic imine (C=N–C) groups is 1. The van der Waals surface area contributed by atoms with Gasteiger partial charge in [-0.15, -0.1) is 0 Å². The summed E-state index contributed by atoms with van der Waals surface area (Å²) in [5, 5.41) is 0. The third-order valence-corrected chi connectivity index (χ3v) is 2.33. The van der Waals surface area contributed by atoms with Crippen LogP contribution in [0.25, 0.3) is 0 Å². The standard InChI is InChI=1S/C9H10BN.CH4/c1-7-10(2)8-5-3-4-6-9(8)11-7;/h3-6H,1-2H3;1H4. The maximum atomic E-state index is 4.45. The first-order valence-electron chi connectivity index (χ1n) is 3.93. The molecule has 0 bridgehead atoms. The SMILES string of the molecule is C.CB1C(C)=Nc2ccccc21. The predicted molar refractivity (Wildman–Crippen MR) is 57.2 cm³/mol. The van der Waals surface area contributed by atoms with E-state index in [1.807, 2.05) is 6.07 Å². The zero-order valence-corrected chi connectivity index (χ0v) is 6.83. The molecule has 0 aliphatic carbocycles. The van der Waals surface area contributed by atoms with Gasteiger partial charge in [0.15, 0.2) is 0 Å². The Morgan fingerprint density at radius 2 is 1.92 bits per heavy atom. The molecule has 0 N–H and O–H groups in total. The number of rotatable bonds is 0. The largest absolute Gasteiger partial charge is 0.268 e. The molecule has 0 atom stereocenters. The lowest BCUT2D eigenvalue weighted by Crippen LogP contribution is -2.29. The molecule has 62 valence electrons. The molecule has 0 unspecified atom stereocenters. The number of hydrogen-bond donors (Lipinski definition) is 0. The van der Waals surface area contributed by atoms with Gasteiger partial charge in [0.2, 0.25) is 6.71 Å². The van der Waals surface area contributed by atoms with Crippen molar-refractivity contribution >= 4 is 23.5 Å². The van der Waals surface area contributed by atoms with Crippen LogP contribution in [0.15, 0.2) is 29.3 Å². The molecule has 2 heteroatoms. The average molecular weight is 159 g/mol. The molecular weight excluding hydrogens is 145 g/mol. The van der Waals surface area contributed by atoms with Crippen molar-refractivity contribution in [3.63, 3.8) is 0 Å². The Bertz CT molecular complexity index is 317. The first-order chi connectivity index (χ1) is 5.29. The van der Waals surface area contributed by atoms with E-state index in [2.05, 4.69) is 36.9 Å². The maximum Gasteiger partial charge on any atom is 0.227 e. The van der Waals surface area contributed by atoms with E-state index in [0.717, 1.165) is 5.69 Å². The Morgan fingerprint density at radius 3 is 2.58 bits per heavy atom. The van der Waals surface area contributed by atoms with Gasteiger partial charge in [0, 0.05) is 0 Å². The van der Waals surface area contributed by atoms with E-state index in [4.69, 9.17) is 0 Å². The van der Waals surface area contributed by atoms with Crippen molar-refractivity contribution in [3.05, 3.63) is 24.3 Å². The van der Waals surface area contributed by atoms with Gasteiger partial charge in [-0.25, -0.2) is 0 Å². The van der Waals surface area contributed by atoms with Gasteiger partial charge in [-0.05, 0) is 24.1 Å². The Balaban J connectivity index is 0.000000720. The lowest BCUT2D eigenvalue weighted by Gasteiger charge is -1.98. The highest BCUT2D eigenvalue weighted by Crippen LogP contribution is 2.16. The second-order valence-electron chi connectivity index (χ2n) is 3.03. The Kier molecular flexibility index (Phi) is 2.36. The summed E-state index contributed by atoms with van der Waals surface area (Å²) in [6, 6.07) is 8.33. The molecule has 1 heterocycles. The minimum atomic E-state index is 0. The second kappa shape index (κ2) is 3.14. The van der Waals surface area contributed by atoms with Crippen LogP contribution in [0, 0.1) is 0 Å². The fourth-order valence-electron chi connectivity index (χ4n) is 1.47. The summed E-state index contributed by atoms with van der Waals surface area (Å²) in [6.45, 7) is 4.81. The number of hydrogen-bond acceptors (Lipinski definition) is 1. The van der Waals surface area contributed by atoms with E-state index in [-0.39, 0.29) is 7.43 Å². The Labute approximate surface area is 74.6 Å². The molecule has 0 amide bonds. The highest BCUT2D eigenvalue weighted by Gasteiger charge is 2.22. The lowest BCUT2D eigenvalue weighted by molar-refractivity contribution is 1.57. The van der Waals surface area contributed by atoms with Gasteiger partial charge in [0.1, 0.15) is 0 Å². The minimum absolute atomic E-state index is 0. The summed E-state index contributed by atoms with van der Waals surface area (Å²) in [5.74, 6) is 0. The first kappa shape index (κ1) is 9.05. The van der Waals surface area contributed by atoms with Crippen LogP contribution < -0.4 is 5.46 Å². The summed E-state index contributed by atoms with van der Waals surface area (Å²) in [5.41, 5.74) is 3.74. The van der Waals surface area contributed by atoms with Crippen LogP contribution in [0.1, 0.15) is 14.4 Å². The number of nitrogens with zero attached hydrogens (tertiary/aromatic N) is 1. The van der Waals surface area contributed by atoms with Crippen LogP contribution in [0.3, 0.4) is 0 Å². The molecule has 0 aromatic heterocycles. The molecule has 0 saturated heterocycles. The quantitative estimate of drug-likeness (QED) is 0.515. The van der Waals surface area contributed by atoms with Crippen LogP contribution in [0.5, 0.6) is 0 Å². The van der Waals surface area contributed by atoms with Gasteiger partial charge >= 0.3 is 0 Å². The van der Waals surface area contributed by atoms with Gasteiger partial charge in [-0.1, -0.05) is 32.4 Å². The lowest BCUT2D eigenvalue weighted by atomic mass is 9.45. The smallest absolute Gasteiger partial charge is 0.227 e. The van der Waals surface area contributed by atoms with Gasteiger partial charge in [-0.2, -0.15) is 0 Å². The fraction of sp³-hybridized carbons (Fsp3) is 0.300. The van der Waals surface area contributed by atoms with Crippen molar-refractivity contribution in [3.8, 4) is 0 Å². The summed E-state index contributed by atoms with van der Waals surface area (Å²) < 4.78 is 0. The van der Waals surface area contributed by atoms with Crippen LogP contribution >= 0.6 is 0 Å². The topological polar surface area (TPSA) is 12.4 Å². The number of benzene rings is 1. The molecule has 0 radical (unpaired) electrons. The van der Waals surface area contributed by atoms with Crippen molar-refractivity contribution < 1.29 is 0 Å². The predicted octanol–water partition coefficient (Wildman–Crippen LogP) is 2.30. The molecule has 1 aliphatic rings. The van der Waals surface area contributed by atoms with Crippen LogP contribution in [-0.2, 0) is 0 Å².